The summed E-state index contributed by atoms with van der Waals surface area (Å²) in [6.45, 7) is 4.61. The van der Waals surface area contributed by atoms with Crippen molar-refractivity contribution < 1.29 is 18.4 Å². The van der Waals surface area contributed by atoms with Crippen molar-refractivity contribution in [2.75, 3.05) is 13.1 Å². The van der Waals surface area contributed by atoms with E-state index in [9.17, 15) is 14.4 Å². The van der Waals surface area contributed by atoms with Crippen molar-refractivity contribution in [2.45, 2.75) is 39.8 Å². The Hall–Kier alpha value is -4.13. The van der Waals surface area contributed by atoms with Crippen molar-refractivity contribution in [1.29, 1.82) is 0 Å². The third-order valence-corrected chi connectivity index (χ3v) is 6.06. The van der Waals surface area contributed by atoms with E-state index in [4.69, 9.17) is 8.83 Å². The molecule has 2 aromatic carbocycles. The van der Waals surface area contributed by atoms with Crippen LogP contribution in [0.4, 0.5) is 0 Å². The quantitative estimate of drug-likeness (QED) is 0.309. The number of aryl methyl sites for hydroxylation is 1. The summed E-state index contributed by atoms with van der Waals surface area (Å²) in [5.41, 5.74) is 2.59. The van der Waals surface area contributed by atoms with Crippen molar-refractivity contribution in [3.05, 3.63) is 106 Å². The van der Waals surface area contributed by atoms with Gasteiger partial charge in [-0.3, -0.25) is 14.4 Å². The third-order valence-electron chi connectivity index (χ3n) is 6.06. The summed E-state index contributed by atoms with van der Waals surface area (Å²) in [6.07, 6.45) is 4.50. The molecule has 0 unspecified atom stereocenters. The molecule has 2 amide bonds. The smallest absolute Gasteiger partial charge is 0.290 e. The van der Waals surface area contributed by atoms with Gasteiger partial charge in [-0.15, -0.1) is 0 Å². The molecule has 0 aliphatic heterocycles. The SMILES string of the molecule is CCCCN(CC(=O)N(Cc1ccccc1)Cc1coc2ccc(C)cc2c1=O)C(=O)c1ccco1. The number of amides is 2. The average molecular weight is 487 g/mol. The van der Waals surface area contributed by atoms with Gasteiger partial charge < -0.3 is 18.6 Å². The lowest BCUT2D eigenvalue weighted by molar-refractivity contribution is -0.133. The van der Waals surface area contributed by atoms with Gasteiger partial charge in [-0.25, -0.2) is 0 Å². The highest BCUT2D eigenvalue weighted by atomic mass is 16.3. The van der Waals surface area contributed by atoms with E-state index in [1.165, 1.54) is 17.4 Å². The van der Waals surface area contributed by atoms with E-state index in [-0.39, 0.29) is 36.1 Å². The van der Waals surface area contributed by atoms with Gasteiger partial charge in [0.1, 0.15) is 12.1 Å². The molecule has 4 aromatic rings. The Bertz CT molecular complexity index is 1380. The molecular formula is C29H30N2O5. The van der Waals surface area contributed by atoms with Gasteiger partial charge in [-0.1, -0.05) is 55.3 Å². The van der Waals surface area contributed by atoms with Gasteiger partial charge in [-0.2, -0.15) is 0 Å². The number of unbranched alkanes of at least 4 members (excludes halogenated alkanes) is 1. The predicted octanol–water partition coefficient (Wildman–Crippen LogP) is 5.17. The van der Waals surface area contributed by atoms with Crippen LogP contribution < -0.4 is 5.43 Å². The largest absolute Gasteiger partial charge is 0.464 e. The summed E-state index contributed by atoms with van der Waals surface area (Å²) in [5, 5.41) is 0.483. The zero-order chi connectivity index (χ0) is 25.5. The minimum absolute atomic E-state index is 0.0660. The first-order valence-corrected chi connectivity index (χ1v) is 12.1. The zero-order valence-corrected chi connectivity index (χ0v) is 20.6. The Morgan fingerprint density at radius 2 is 1.72 bits per heavy atom. The van der Waals surface area contributed by atoms with Crippen LogP contribution >= 0.6 is 0 Å². The summed E-state index contributed by atoms with van der Waals surface area (Å²) < 4.78 is 11.0. The normalized spacial score (nSPS) is 10.9. The molecule has 0 fully saturated rings. The molecule has 0 radical (unpaired) electrons. The summed E-state index contributed by atoms with van der Waals surface area (Å²) in [4.78, 5) is 43.0. The first-order chi connectivity index (χ1) is 17.5. The van der Waals surface area contributed by atoms with E-state index >= 15 is 0 Å². The number of nitrogens with zero attached hydrogens (tertiary/aromatic N) is 2. The van der Waals surface area contributed by atoms with Crippen LogP contribution in [0.25, 0.3) is 11.0 Å². The molecule has 0 aliphatic carbocycles. The highest BCUT2D eigenvalue weighted by molar-refractivity contribution is 5.94. The maximum atomic E-state index is 13.6. The zero-order valence-electron chi connectivity index (χ0n) is 20.6. The average Bonchev–Trinajstić information content (AvgIpc) is 3.43. The second kappa shape index (κ2) is 11.5. The topological polar surface area (TPSA) is 84.0 Å². The van der Waals surface area contributed by atoms with Gasteiger partial charge in [0.2, 0.25) is 5.91 Å². The van der Waals surface area contributed by atoms with E-state index in [1.807, 2.05) is 50.2 Å². The number of hydrogen-bond acceptors (Lipinski definition) is 5. The van der Waals surface area contributed by atoms with E-state index in [0.717, 1.165) is 24.0 Å². The molecule has 36 heavy (non-hydrogen) atoms. The number of carbonyl (C=O) groups is 2. The summed E-state index contributed by atoms with van der Waals surface area (Å²) >= 11 is 0. The number of fused-ring (bicyclic) bond motifs is 1. The Morgan fingerprint density at radius 1 is 0.917 bits per heavy atom. The Balaban J connectivity index is 1.62. The Kier molecular flexibility index (Phi) is 8.00. The Labute approximate surface area is 209 Å². The highest BCUT2D eigenvalue weighted by Gasteiger charge is 2.25. The van der Waals surface area contributed by atoms with Crippen LogP contribution in [-0.2, 0) is 17.9 Å². The number of carbonyl (C=O) groups excluding carboxylic acids is 2. The first-order valence-electron chi connectivity index (χ1n) is 12.1. The van der Waals surface area contributed by atoms with Gasteiger partial charge in [0.25, 0.3) is 5.91 Å². The number of furan rings is 1. The lowest BCUT2D eigenvalue weighted by atomic mass is 10.1. The van der Waals surface area contributed by atoms with Gasteiger partial charge in [0.15, 0.2) is 11.2 Å². The maximum absolute atomic E-state index is 13.6. The fourth-order valence-corrected chi connectivity index (χ4v) is 4.06. The van der Waals surface area contributed by atoms with Crippen LogP contribution in [0.1, 0.15) is 47.0 Å². The molecule has 7 nitrogen and oxygen atoms in total. The monoisotopic (exact) mass is 486 g/mol. The van der Waals surface area contributed by atoms with Gasteiger partial charge in [-0.05, 0) is 43.2 Å². The van der Waals surface area contributed by atoms with Gasteiger partial charge in [0, 0.05) is 13.1 Å². The maximum Gasteiger partial charge on any atom is 0.290 e. The van der Waals surface area contributed by atoms with Crippen LogP contribution in [0.2, 0.25) is 0 Å². The van der Waals surface area contributed by atoms with Crippen LogP contribution in [0.3, 0.4) is 0 Å². The molecular weight excluding hydrogens is 456 g/mol. The fraction of sp³-hybridized carbons (Fsp3) is 0.276. The molecule has 0 bridgehead atoms. The predicted molar refractivity (Wildman–Crippen MR) is 137 cm³/mol. The van der Waals surface area contributed by atoms with Gasteiger partial charge >= 0.3 is 0 Å². The van der Waals surface area contributed by atoms with Crippen molar-refractivity contribution in [2.24, 2.45) is 0 Å². The standard InChI is InChI=1S/C29H30N2O5/c1-3-4-14-30(29(34)26-11-8-15-35-26)19-27(32)31(17-22-9-6-5-7-10-22)18-23-20-36-25-13-12-21(2)16-24(25)28(23)33/h5-13,15-16,20H,3-4,14,17-19H2,1-2H3. The van der Waals surface area contributed by atoms with E-state index < -0.39 is 0 Å². The molecule has 186 valence electrons. The second-order valence-electron chi connectivity index (χ2n) is 8.88. The minimum Gasteiger partial charge on any atom is -0.464 e. The van der Waals surface area contributed by atoms with Crippen molar-refractivity contribution >= 4 is 22.8 Å². The summed E-state index contributed by atoms with van der Waals surface area (Å²) in [6, 6.07) is 18.3. The van der Waals surface area contributed by atoms with E-state index in [0.29, 0.717) is 29.6 Å². The molecule has 4 rings (SSSR count). The molecule has 0 N–H and O–H groups in total. The molecule has 0 aliphatic rings. The summed E-state index contributed by atoms with van der Waals surface area (Å²) in [5.74, 6) is -0.403. The highest BCUT2D eigenvalue weighted by Crippen LogP contribution is 2.16. The fourth-order valence-electron chi connectivity index (χ4n) is 4.06. The summed E-state index contributed by atoms with van der Waals surface area (Å²) in [7, 11) is 0. The molecule has 0 atom stereocenters. The molecule has 7 heteroatoms. The minimum atomic E-state index is -0.331. The van der Waals surface area contributed by atoms with Crippen molar-refractivity contribution in [3.63, 3.8) is 0 Å². The number of rotatable bonds is 10. The molecule has 2 heterocycles. The molecule has 0 saturated heterocycles. The van der Waals surface area contributed by atoms with Crippen LogP contribution in [0, 0.1) is 6.92 Å². The molecule has 0 saturated carbocycles. The number of hydrogen-bond donors (Lipinski definition) is 0. The Morgan fingerprint density at radius 3 is 2.44 bits per heavy atom. The van der Waals surface area contributed by atoms with Gasteiger partial charge in [0.05, 0.1) is 30.0 Å². The lowest BCUT2D eigenvalue weighted by Crippen LogP contribution is -2.43. The number of benzene rings is 2. The molecule has 2 aromatic heterocycles. The van der Waals surface area contributed by atoms with Crippen molar-refractivity contribution in [3.8, 4) is 0 Å². The van der Waals surface area contributed by atoms with Crippen molar-refractivity contribution in [1.82, 2.24) is 9.80 Å². The second-order valence-corrected chi connectivity index (χ2v) is 8.88. The lowest BCUT2D eigenvalue weighted by Gasteiger charge is -2.27. The molecule has 0 spiro atoms. The van der Waals surface area contributed by atoms with Crippen LogP contribution in [0.15, 0.2) is 86.8 Å². The van der Waals surface area contributed by atoms with Crippen LogP contribution in [-0.4, -0.2) is 34.7 Å². The third kappa shape index (κ3) is 5.92. The van der Waals surface area contributed by atoms with E-state index in [1.54, 1.807) is 29.2 Å². The van der Waals surface area contributed by atoms with E-state index in [2.05, 4.69) is 0 Å². The first kappa shape index (κ1) is 25.0. The van der Waals surface area contributed by atoms with Crippen LogP contribution in [0.5, 0.6) is 0 Å².